The molecule has 0 bridgehead atoms. The summed E-state index contributed by atoms with van der Waals surface area (Å²) in [5.74, 6) is 0. The summed E-state index contributed by atoms with van der Waals surface area (Å²) in [5.41, 5.74) is 0.944. The summed E-state index contributed by atoms with van der Waals surface area (Å²) in [5, 5.41) is 8.75. The van der Waals surface area contributed by atoms with Crippen LogP contribution in [0.15, 0.2) is 35.7 Å². The van der Waals surface area contributed by atoms with Crippen molar-refractivity contribution in [2.24, 2.45) is 0 Å². The minimum absolute atomic E-state index is 0.558. The highest BCUT2D eigenvalue weighted by atomic mass is 35.5. The van der Waals surface area contributed by atoms with Crippen LogP contribution in [0.5, 0.6) is 0 Å². The first kappa shape index (κ1) is 8.59. The van der Waals surface area contributed by atoms with Crippen molar-refractivity contribution in [1.29, 1.82) is 0 Å². The minimum atomic E-state index is 0.558. The van der Waals surface area contributed by atoms with Gasteiger partial charge in [0, 0.05) is 10.7 Å². The third-order valence-corrected chi connectivity index (χ3v) is 2.19. The van der Waals surface area contributed by atoms with Gasteiger partial charge in [0.2, 0.25) is 0 Å². The van der Waals surface area contributed by atoms with Gasteiger partial charge in [0.15, 0.2) is 5.16 Å². The first-order chi connectivity index (χ1) is 6.27. The number of hydrogen-bond acceptors (Lipinski definition) is 3. The summed E-state index contributed by atoms with van der Waals surface area (Å²) >= 11 is 9.90. The van der Waals surface area contributed by atoms with Gasteiger partial charge in [-0.3, -0.25) is 4.57 Å². The number of nitrogens with zero attached hydrogens (tertiary/aromatic N) is 3. The molecule has 1 heterocycles. The molecule has 0 amide bonds. The van der Waals surface area contributed by atoms with E-state index in [2.05, 4.69) is 22.8 Å². The summed E-state index contributed by atoms with van der Waals surface area (Å²) in [6.45, 7) is 0. The Morgan fingerprint density at radius 1 is 1.23 bits per heavy atom. The molecule has 5 heteroatoms. The van der Waals surface area contributed by atoms with E-state index in [0.29, 0.717) is 10.2 Å². The molecule has 1 aromatic carbocycles. The summed E-state index contributed by atoms with van der Waals surface area (Å²) in [6.07, 6.45) is 1.60. The Balaban J connectivity index is 2.47. The highest BCUT2D eigenvalue weighted by Crippen LogP contribution is 2.15. The molecule has 0 unspecified atom stereocenters. The number of thiol groups is 1. The van der Waals surface area contributed by atoms with Crippen molar-refractivity contribution in [3.05, 3.63) is 35.6 Å². The van der Waals surface area contributed by atoms with Crippen LogP contribution in [0.2, 0.25) is 5.02 Å². The lowest BCUT2D eigenvalue weighted by Crippen LogP contribution is -1.91. The standard InChI is InChI=1S/C8H6ClN3S/c9-6-1-3-7(4-2-6)12-5-10-11-8(12)13/h1-5H,(H,11,13). The normalized spacial score (nSPS) is 10.3. The van der Waals surface area contributed by atoms with E-state index >= 15 is 0 Å². The molecule has 0 spiro atoms. The lowest BCUT2D eigenvalue weighted by atomic mass is 10.3. The minimum Gasteiger partial charge on any atom is -0.277 e. The predicted octanol–water partition coefficient (Wildman–Crippen LogP) is 2.21. The van der Waals surface area contributed by atoms with Crippen LogP contribution in [-0.4, -0.2) is 14.8 Å². The van der Waals surface area contributed by atoms with Gasteiger partial charge in [-0.05, 0) is 24.3 Å². The van der Waals surface area contributed by atoms with Crippen molar-refractivity contribution in [2.75, 3.05) is 0 Å². The molecule has 0 aliphatic rings. The van der Waals surface area contributed by atoms with Crippen LogP contribution in [0.1, 0.15) is 0 Å². The van der Waals surface area contributed by atoms with E-state index in [1.165, 1.54) is 0 Å². The monoisotopic (exact) mass is 211 g/mol. The van der Waals surface area contributed by atoms with Crippen LogP contribution >= 0.6 is 24.2 Å². The zero-order valence-corrected chi connectivity index (χ0v) is 8.20. The topological polar surface area (TPSA) is 30.7 Å². The smallest absolute Gasteiger partial charge is 0.192 e. The van der Waals surface area contributed by atoms with Gasteiger partial charge in [0.25, 0.3) is 0 Å². The quantitative estimate of drug-likeness (QED) is 0.734. The average Bonchev–Trinajstić information content (AvgIpc) is 2.53. The molecule has 13 heavy (non-hydrogen) atoms. The van der Waals surface area contributed by atoms with Crippen LogP contribution in [0.4, 0.5) is 0 Å². The maximum absolute atomic E-state index is 5.75. The average molecular weight is 212 g/mol. The molecule has 2 rings (SSSR count). The highest BCUT2D eigenvalue weighted by molar-refractivity contribution is 7.80. The Bertz CT molecular complexity index is 410. The van der Waals surface area contributed by atoms with Crippen LogP contribution < -0.4 is 0 Å². The van der Waals surface area contributed by atoms with Gasteiger partial charge in [-0.15, -0.1) is 22.8 Å². The van der Waals surface area contributed by atoms with Crippen LogP contribution in [0.3, 0.4) is 0 Å². The van der Waals surface area contributed by atoms with E-state index in [1.54, 1.807) is 10.9 Å². The summed E-state index contributed by atoms with van der Waals surface area (Å²) in [7, 11) is 0. The number of aromatic nitrogens is 3. The molecule has 0 radical (unpaired) electrons. The van der Waals surface area contributed by atoms with Gasteiger partial charge in [0.1, 0.15) is 6.33 Å². The van der Waals surface area contributed by atoms with Crippen molar-refractivity contribution in [3.8, 4) is 5.69 Å². The Labute approximate surface area is 85.8 Å². The summed E-state index contributed by atoms with van der Waals surface area (Å²) in [6, 6.07) is 7.38. The SMILES string of the molecule is Sc1nncn1-c1ccc(Cl)cc1. The van der Waals surface area contributed by atoms with E-state index in [1.807, 2.05) is 24.3 Å². The van der Waals surface area contributed by atoms with Crippen molar-refractivity contribution < 1.29 is 0 Å². The molecule has 1 aromatic heterocycles. The largest absolute Gasteiger partial charge is 0.277 e. The zero-order valence-electron chi connectivity index (χ0n) is 6.55. The maximum Gasteiger partial charge on any atom is 0.192 e. The van der Waals surface area contributed by atoms with Crippen molar-refractivity contribution in [1.82, 2.24) is 14.8 Å². The van der Waals surface area contributed by atoms with E-state index in [0.717, 1.165) is 5.69 Å². The second kappa shape index (κ2) is 3.40. The Kier molecular flexibility index (Phi) is 2.24. The second-order valence-electron chi connectivity index (χ2n) is 2.48. The van der Waals surface area contributed by atoms with Crippen LogP contribution in [0, 0.1) is 0 Å². The molecule has 66 valence electrons. The molecule has 0 N–H and O–H groups in total. The molecular formula is C8H6ClN3S. The van der Waals surface area contributed by atoms with Crippen molar-refractivity contribution >= 4 is 24.2 Å². The maximum atomic E-state index is 5.75. The third kappa shape index (κ3) is 1.68. The van der Waals surface area contributed by atoms with E-state index < -0.39 is 0 Å². The Morgan fingerprint density at radius 3 is 2.46 bits per heavy atom. The first-order valence-corrected chi connectivity index (χ1v) is 4.45. The molecule has 0 saturated heterocycles. The lowest BCUT2D eigenvalue weighted by molar-refractivity contribution is 0.890. The van der Waals surface area contributed by atoms with Gasteiger partial charge in [0.05, 0.1) is 0 Å². The van der Waals surface area contributed by atoms with Crippen LogP contribution in [-0.2, 0) is 0 Å². The highest BCUT2D eigenvalue weighted by Gasteiger charge is 2.00. The molecule has 3 nitrogen and oxygen atoms in total. The van der Waals surface area contributed by atoms with Crippen molar-refractivity contribution in [2.45, 2.75) is 5.16 Å². The molecule has 0 fully saturated rings. The van der Waals surface area contributed by atoms with Crippen LogP contribution in [0.25, 0.3) is 5.69 Å². The summed E-state index contributed by atoms with van der Waals surface area (Å²) in [4.78, 5) is 0. The zero-order chi connectivity index (χ0) is 9.26. The lowest BCUT2D eigenvalue weighted by Gasteiger charge is -2.01. The number of halogens is 1. The summed E-state index contributed by atoms with van der Waals surface area (Å²) < 4.78 is 1.76. The van der Waals surface area contributed by atoms with E-state index in [-0.39, 0.29) is 0 Å². The molecule has 0 atom stereocenters. The molecule has 0 aliphatic carbocycles. The Hall–Kier alpha value is -1.00. The fraction of sp³-hybridized carbons (Fsp3) is 0. The van der Waals surface area contributed by atoms with Gasteiger partial charge >= 0.3 is 0 Å². The first-order valence-electron chi connectivity index (χ1n) is 3.62. The third-order valence-electron chi connectivity index (χ3n) is 1.63. The van der Waals surface area contributed by atoms with Gasteiger partial charge in [-0.1, -0.05) is 11.6 Å². The van der Waals surface area contributed by atoms with Gasteiger partial charge < -0.3 is 0 Å². The van der Waals surface area contributed by atoms with Gasteiger partial charge in [-0.25, -0.2) is 0 Å². The van der Waals surface area contributed by atoms with Gasteiger partial charge in [-0.2, -0.15) is 0 Å². The predicted molar refractivity (Wildman–Crippen MR) is 53.6 cm³/mol. The van der Waals surface area contributed by atoms with E-state index in [9.17, 15) is 0 Å². The number of rotatable bonds is 1. The van der Waals surface area contributed by atoms with E-state index in [4.69, 9.17) is 11.6 Å². The van der Waals surface area contributed by atoms with Crippen molar-refractivity contribution in [3.63, 3.8) is 0 Å². The molecule has 2 aromatic rings. The number of benzene rings is 1. The fourth-order valence-electron chi connectivity index (χ4n) is 1.01. The number of hydrogen-bond donors (Lipinski definition) is 1. The molecule has 0 aliphatic heterocycles. The Morgan fingerprint density at radius 2 is 1.92 bits per heavy atom. The molecular weight excluding hydrogens is 206 g/mol. The second-order valence-corrected chi connectivity index (χ2v) is 3.31. The fourth-order valence-corrected chi connectivity index (χ4v) is 1.36. The molecule has 0 saturated carbocycles.